The predicted octanol–water partition coefficient (Wildman–Crippen LogP) is 5.94. The fourth-order valence-corrected chi connectivity index (χ4v) is 5.54. The summed E-state index contributed by atoms with van der Waals surface area (Å²) in [4.78, 5) is 38.5. The number of carbonyl (C=O) groups excluding carboxylic acids is 3. The molecule has 180 valence electrons. The minimum Gasteiger partial charge on any atom is -0.465 e. The molecule has 2 aromatic carbocycles. The van der Waals surface area contributed by atoms with Crippen LogP contribution in [0.5, 0.6) is 0 Å². The molecule has 36 heavy (non-hydrogen) atoms. The number of fused-ring (bicyclic) bond motifs is 2. The summed E-state index contributed by atoms with van der Waals surface area (Å²) >= 11 is 0. The molecule has 2 aliphatic carbocycles. The van der Waals surface area contributed by atoms with Gasteiger partial charge in [-0.25, -0.2) is 0 Å². The first-order valence-electron chi connectivity index (χ1n) is 12.5. The highest BCUT2D eigenvalue weighted by molar-refractivity contribution is 6.43. The Morgan fingerprint density at radius 1 is 0.639 bits per heavy atom. The number of Topliss-reactive ketones (excluding diaryl/α,β-unsaturated/α-hetero) is 1. The minimum absolute atomic E-state index is 0.0620. The van der Waals surface area contributed by atoms with Crippen LogP contribution in [0.3, 0.4) is 0 Å². The Kier molecular flexibility index (Phi) is 5.76. The van der Waals surface area contributed by atoms with E-state index in [4.69, 9.17) is 9.47 Å². The Bertz CT molecular complexity index is 1270. The maximum Gasteiger partial charge on any atom is 0.201 e. The zero-order valence-corrected chi connectivity index (χ0v) is 19.9. The lowest BCUT2D eigenvalue weighted by Crippen LogP contribution is -2.10. The second kappa shape index (κ2) is 9.23. The summed E-state index contributed by atoms with van der Waals surface area (Å²) in [5.74, 6) is 2.67. The Morgan fingerprint density at radius 3 is 1.47 bits per heavy atom. The number of allylic oxidation sites excluding steroid dienone is 8. The zero-order valence-electron chi connectivity index (χ0n) is 19.9. The Balaban J connectivity index is 1.50. The van der Waals surface area contributed by atoms with Gasteiger partial charge in [-0.3, -0.25) is 14.4 Å². The monoisotopic (exact) mass is 478 g/mol. The number of ketones is 3. The molecule has 0 amide bonds. The van der Waals surface area contributed by atoms with E-state index in [9.17, 15) is 14.4 Å². The quantitative estimate of drug-likeness (QED) is 0.509. The molecule has 2 unspecified atom stereocenters. The van der Waals surface area contributed by atoms with E-state index in [1.807, 2.05) is 60.7 Å². The number of hydrogen-bond acceptors (Lipinski definition) is 5. The number of rotatable bonds is 4. The van der Waals surface area contributed by atoms with Gasteiger partial charge < -0.3 is 9.47 Å². The van der Waals surface area contributed by atoms with Gasteiger partial charge in [-0.2, -0.15) is 0 Å². The summed E-state index contributed by atoms with van der Waals surface area (Å²) in [5, 5.41) is 0. The molecule has 2 saturated heterocycles. The third-order valence-electron chi connectivity index (χ3n) is 7.37. The summed E-state index contributed by atoms with van der Waals surface area (Å²) in [6.07, 6.45) is 6.78. The van der Waals surface area contributed by atoms with Crippen LogP contribution < -0.4 is 0 Å². The number of benzene rings is 2. The van der Waals surface area contributed by atoms with E-state index >= 15 is 0 Å². The van der Waals surface area contributed by atoms with Crippen molar-refractivity contribution in [3.8, 4) is 0 Å². The molecule has 2 fully saturated rings. The maximum atomic E-state index is 14.5. The molecule has 0 spiro atoms. The van der Waals surface area contributed by atoms with Crippen LogP contribution >= 0.6 is 0 Å². The van der Waals surface area contributed by atoms with E-state index < -0.39 is 0 Å². The molecular formula is C31H26O5. The van der Waals surface area contributed by atoms with Crippen molar-refractivity contribution in [1.29, 1.82) is 0 Å². The standard InChI is InChI=1S/C31H26O5/c32-23-13-11-21-15-27(35-25(21)17-23)29(19-7-3-1-4-8-19)31(34)30(20-9-5-2-6-10-20)28-16-22-12-14-24(33)18-26(22)36-28/h1-10,17-18,21-22H,11-16H2/b29-27+,30-28+. The molecule has 5 nitrogen and oxygen atoms in total. The van der Waals surface area contributed by atoms with E-state index in [0.29, 0.717) is 59.9 Å². The van der Waals surface area contributed by atoms with Crippen LogP contribution in [0.4, 0.5) is 0 Å². The molecule has 0 N–H and O–H groups in total. The third-order valence-corrected chi connectivity index (χ3v) is 7.37. The Labute approximate surface area is 209 Å². The first-order valence-corrected chi connectivity index (χ1v) is 12.5. The fraction of sp³-hybridized carbons (Fsp3) is 0.258. The molecule has 0 saturated carbocycles. The number of hydrogen-bond donors (Lipinski definition) is 0. The summed E-state index contributed by atoms with van der Waals surface area (Å²) in [7, 11) is 0. The maximum absolute atomic E-state index is 14.5. The molecular weight excluding hydrogens is 452 g/mol. The highest BCUT2D eigenvalue weighted by atomic mass is 16.5. The molecule has 4 aliphatic rings. The summed E-state index contributed by atoms with van der Waals surface area (Å²) in [6, 6.07) is 19.1. The van der Waals surface area contributed by atoms with Crippen molar-refractivity contribution in [2.75, 3.05) is 0 Å². The number of ether oxygens (including phenoxy) is 2. The van der Waals surface area contributed by atoms with Crippen molar-refractivity contribution in [2.24, 2.45) is 11.8 Å². The summed E-state index contributed by atoms with van der Waals surface area (Å²) in [5.41, 5.74) is 2.52. The smallest absolute Gasteiger partial charge is 0.201 e. The molecule has 0 aromatic heterocycles. The van der Waals surface area contributed by atoms with Crippen LogP contribution in [0.15, 0.2) is 95.9 Å². The van der Waals surface area contributed by atoms with Gasteiger partial charge in [-0.1, -0.05) is 60.7 Å². The molecule has 0 bridgehead atoms. The van der Waals surface area contributed by atoms with Crippen molar-refractivity contribution < 1.29 is 23.9 Å². The third kappa shape index (κ3) is 4.15. The fourth-order valence-electron chi connectivity index (χ4n) is 5.54. The van der Waals surface area contributed by atoms with Gasteiger partial charge in [-0.05, 0) is 24.0 Å². The summed E-state index contributed by atoms with van der Waals surface area (Å²) in [6.45, 7) is 0. The minimum atomic E-state index is -0.173. The topological polar surface area (TPSA) is 69.7 Å². The van der Waals surface area contributed by atoms with E-state index in [-0.39, 0.29) is 29.2 Å². The van der Waals surface area contributed by atoms with Crippen molar-refractivity contribution in [2.45, 2.75) is 38.5 Å². The first kappa shape index (κ1) is 22.5. The van der Waals surface area contributed by atoms with Gasteiger partial charge >= 0.3 is 0 Å². The van der Waals surface area contributed by atoms with Crippen molar-refractivity contribution in [1.82, 2.24) is 0 Å². The average molecular weight is 479 g/mol. The van der Waals surface area contributed by atoms with Crippen molar-refractivity contribution in [3.05, 3.63) is 107 Å². The first-order chi connectivity index (χ1) is 17.6. The van der Waals surface area contributed by atoms with Crippen molar-refractivity contribution >= 4 is 28.5 Å². The highest BCUT2D eigenvalue weighted by Gasteiger charge is 2.38. The van der Waals surface area contributed by atoms with Crippen LogP contribution in [0.2, 0.25) is 0 Å². The SMILES string of the molecule is O=C1C=C2O/C(=C(/C(=O)/C(=C3\CC4CCC(=O)C=C4O3)c3ccccc3)c3ccccc3)CC2CC1. The van der Waals surface area contributed by atoms with E-state index in [2.05, 4.69) is 0 Å². The van der Waals surface area contributed by atoms with Crippen LogP contribution in [-0.2, 0) is 23.9 Å². The van der Waals surface area contributed by atoms with Crippen LogP contribution in [-0.4, -0.2) is 17.3 Å². The second-order valence-corrected chi connectivity index (χ2v) is 9.77. The van der Waals surface area contributed by atoms with Gasteiger partial charge in [0.2, 0.25) is 5.78 Å². The molecule has 2 aromatic rings. The largest absolute Gasteiger partial charge is 0.465 e. The van der Waals surface area contributed by atoms with Gasteiger partial charge in [0.25, 0.3) is 0 Å². The van der Waals surface area contributed by atoms with E-state index in [1.54, 1.807) is 12.2 Å². The Hall–Kier alpha value is -3.99. The normalized spacial score (nSPS) is 25.7. The lowest BCUT2D eigenvalue weighted by Gasteiger charge is -2.16. The van der Waals surface area contributed by atoms with Crippen molar-refractivity contribution in [3.63, 3.8) is 0 Å². The van der Waals surface area contributed by atoms with E-state index in [1.165, 1.54) is 0 Å². The molecule has 5 heteroatoms. The van der Waals surface area contributed by atoms with Crippen LogP contribution in [0, 0.1) is 11.8 Å². The molecule has 0 radical (unpaired) electrons. The molecule has 2 atom stereocenters. The predicted molar refractivity (Wildman–Crippen MR) is 135 cm³/mol. The molecule has 2 aliphatic heterocycles. The second-order valence-electron chi connectivity index (χ2n) is 9.77. The highest BCUT2D eigenvalue weighted by Crippen LogP contribution is 2.46. The van der Waals surface area contributed by atoms with Crippen LogP contribution in [0.25, 0.3) is 11.1 Å². The van der Waals surface area contributed by atoms with Gasteiger partial charge in [0.15, 0.2) is 11.6 Å². The van der Waals surface area contributed by atoms with Gasteiger partial charge in [0.05, 0.1) is 11.1 Å². The number of carbonyl (C=O) groups is 3. The van der Waals surface area contributed by atoms with Gasteiger partial charge in [-0.15, -0.1) is 0 Å². The zero-order chi connectivity index (χ0) is 24.6. The lowest BCUT2D eigenvalue weighted by atomic mass is 9.86. The van der Waals surface area contributed by atoms with Crippen LogP contribution in [0.1, 0.15) is 49.7 Å². The van der Waals surface area contributed by atoms with Gasteiger partial charge in [0.1, 0.15) is 23.0 Å². The summed E-state index contributed by atoms with van der Waals surface area (Å²) < 4.78 is 12.4. The molecule has 6 rings (SSSR count). The van der Waals surface area contributed by atoms with Gasteiger partial charge in [0, 0.05) is 49.7 Å². The average Bonchev–Trinajstić information content (AvgIpc) is 3.49. The Morgan fingerprint density at radius 2 is 1.06 bits per heavy atom. The molecule has 2 heterocycles. The lowest BCUT2D eigenvalue weighted by molar-refractivity contribution is -0.116. The van der Waals surface area contributed by atoms with E-state index in [0.717, 1.165) is 24.0 Å².